The van der Waals surface area contributed by atoms with Crippen molar-refractivity contribution in [2.75, 3.05) is 30.9 Å². The molecule has 3 aliphatic rings. The number of unbranched alkanes of at least 4 members (excludes halogenated alkanes) is 2. The standard InChI is InChI=1S/C54H56F2N10O9S2/c1-28(2)44(51(69)66-24-35(67)18-41(66)48-61-53(71)54(4,62-48)33-12-10-30(11-13-33)47-29(3)60-27-76-47)42-20-43(63-75-42)74-15-9-7-8-14-57-50(68)36-19-40-37(16-31(36)26-77(6,72)73)38-25-64(5)52(70)46-45(38)32(21-58-46)23-65(40)49-39(56)17-34(55)22-59-49/h10-13,16-17,19-22,25,27-28,35,41,44,58,67H,7-9,14-15,18,23-24,26H2,1-6H3,(H,57,68)(H,61,62,71)/t35-,41-,44-,54+/m1/s1. The Labute approximate surface area is 445 Å². The number of likely N-dealkylation sites (tertiary alicyclic amines) is 1. The number of halogens is 2. The molecular weight excluding hydrogens is 1030 g/mol. The molecule has 0 saturated carbocycles. The van der Waals surface area contributed by atoms with E-state index in [1.165, 1.54) is 26.9 Å². The minimum Gasteiger partial charge on any atom is -0.476 e. The molecule has 0 radical (unpaired) electrons. The van der Waals surface area contributed by atoms with Crippen LogP contribution in [0.2, 0.25) is 0 Å². The van der Waals surface area contributed by atoms with Crippen LogP contribution < -0.4 is 25.8 Å². The van der Waals surface area contributed by atoms with Crippen molar-refractivity contribution in [3.05, 3.63) is 128 Å². The summed E-state index contributed by atoms with van der Waals surface area (Å²) < 4.78 is 68.4. The number of aliphatic hydroxyl groups excluding tert-OH is 1. The average molecular weight is 1090 g/mol. The molecule has 77 heavy (non-hydrogen) atoms. The predicted molar refractivity (Wildman–Crippen MR) is 285 cm³/mol. The van der Waals surface area contributed by atoms with E-state index in [0.717, 1.165) is 28.6 Å². The van der Waals surface area contributed by atoms with Crippen LogP contribution in [-0.2, 0) is 44.3 Å². The van der Waals surface area contributed by atoms with Crippen molar-refractivity contribution in [1.82, 2.24) is 40.2 Å². The fourth-order valence-corrected chi connectivity index (χ4v) is 12.1. The summed E-state index contributed by atoms with van der Waals surface area (Å²) in [6.45, 7) is 7.84. The van der Waals surface area contributed by atoms with Crippen LogP contribution in [0.1, 0.15) is 90.9 Å². The van der Waals surface area contributed by atoms with E-state index in [1.807, 2.05) is 45.0 Å². The number of carbonyl (C=O) groups is 3. The lowest BCUT2D eigenvalue weighted by Gasteiger charge is -2.29. The Bertz CT molecular complexity index is 3680. The second-order valence-electron chi connectivity index (χ2n) is 20.4. The highest BCUT2D eigenvalue weighted by Crippen LogP contribution is 2.45. The van der Waals surface area contributed by atoms with Crippen molar-refractivity contribution < 1.29 is 45.9 Å². The Morgan fingerprint density at radius 3 is 2.56 bits per heavy atom. The number of hydrogen-bond donors (Lipinski definition) is 4. The molecule has 10 rings (SSSR count). The van der Waals surface area contributed by atoms with Gasteiger partial charge in [0, 0.05) is 79.4 Å². The molecule has 2 aromatic carbocycles. The summed E-state index contributed by atoms with van der Waals surface area (Å²) in [5.41, 5.74) is 5.10. The highest BCUT2D eigenvalue weighted by atomic mass is 32.2. The number of nitrogens with one attached hydrogen (secondary N) is 3. The number of sulfone groups is 1. The van der Waals surface area contributed by atoms with Gasteiger partial charge in [-0.3, -0.25) is 19.2 Å². The van der Waals surface area contributed by atoms with Crippen LogP contribution in [-0.4, -0.2) is 105 Å². The van der Waals surface area contributed by atoms with Gasteiger partial charge in [0.1, 0.15) is 23.1 Å². The number of pyridine rings is 2. The van der Waals surface area contributed by atoms with Gasteiger partial charge in [-0.2, -0.15) is 0 Å². The summed E-state index contributed by atoms with van der Waals surface area (Å²) in [6.07, 6.45) is 6.12. The Balaban J connectivity index is 0.783. The van der Waals surface area contributed by atoms with Gasteiger partial charge in [0.25, 0.3) is 23.3 Å². The number of fused-ring (bicyclic) bond motifs is 2. The van der Waals surface area contributed by atoms with Crippen LogP contribution in [0, 0.1) is 24.5 Å². The minimum absolute atomic E-state index is 0.0259. The number of carbonyl (C=O) groups excluding carboxylic acids is 3. The highest BCUT2D eigenvalue weighted by molar-refractivity contribution is 7.89. The third-order valence-corrected chi connectivity index (χ3v) is 16.2. The number of aliphatic imine (C=N–C) groups is 1. The van der Waals surface area contributed by atoms with Gasteiger partial charge in [-0.1, -0.05) is 38.1 Å². The smallest absolute Gasteiger partial charge is 0.274 e. The molecule has 19 nitrogen and oxygen atoms in total. The zero-order chi connectivity index (χ0) is 54.7. The molecule has 8 heterocycles. The Morgan fingerprint density at radius 1 is 1.06 bits per heavy atom. The number of H-pyrrole nitrogens is 1. The normalized spacial score (nSPS) is 18.6. The summed E-state index contributed by atoms with van der Waals surface area (Å²) in [5.74, 6) is -4.17. The number of benzene rings is 2. The van der Waals surface area contributed by atoms with Crippen LogP contribution in [0.4, 0.5) is 20.3 Å². The van der Waals surface area contributed by atoms with Crippen molar-refractivity contribution >= 4 is 67.1 Å². The van der Waals surface area contributed by atoms with Crippen LogP contribution in [0.25, 0.3) is 32.5 Å². The predicted octanol–water partition coefficient (Wildman–Crippen LogP) is 6.95. The first kappa shape index (κ1) is 52.8. The van der Waals surface area contributed by atoms with Gasteiger partial charge >= 0.3 is 0 Å². The number of aromatic nitrogens is 5. The summed E-state index contributed by atoms with van der Waals surface area (Å²) in [5, 5.41) is 21.3. The number of amides is 3. The number of aryl methyl sites for hydroxylation is 2. The summed E-state index contributed by atoms with van der Waals surface area (Å²) >= 11 is 1.54. The van der Waals surface area contributed by atoms with Crippen LogP contribution in [0.3, 0.4) is 0 Å². The van der Waals surface area contributed by atoms with E-state index < -0.39 is 56.7 Å². The maximum atomic E-state index is 15.6. The molecule has 3 amide bonds. The first-order valence-electron chi connectivity index (χ1n) is 25.1. The minimum atomic E-state index is -3.70. The second kappa shape index (κ2) is 20.7. The van der Waals surface area contributed by atoms with Crippen LogP contribution >= 0.6 is 11.3 Å². The fourth-order valence-electron chi connectivity index (χ4n) is 10.5. The number of β-amino-alcohol motifs (C(OH)–C–C–N with tert-alkyl or cyclic N) is 1. The SMILES string of the molecule is Cc1ncsc1-c1ccc([C@]2(C)N=C([C@H]3C[C@@H](O)CN3C(=O)[C@@H](c3cc(OCCCCCNC(=O)c4cc5c(cc4CS(C)(=O)=O)-c4cn(C)c(=O)c6[nH]cc(c46)CN5c4ncc(F)cc4F)no3)C(C)C)NC2=O)cc1. The zero-order valence-electron chi connectivity index (χ0n) is 43.0. The van der Waals surface area contributed by atoms with E-state index in [4.69, 9.17) is 14.3 Å². The van der Waals surface area contributed by atoms with Gasteiger partial charge in [-0.05, 0) is 78.6 Å². The lowest BCUT2D eigenvalue weighted by Crippen LogP contribution is -2.48. The lowest BCUT2D eigenvalue weighted by molar-refractivity contribution is -0.134. The van der Waals surface area contributed by atoms with E-state index in [-0.39, 0.29) is 95.7 Å². The third kappa shape index (κ3) is 10.3. The third-order valence-electron chi connectivity index (χ3n) is 14.4. The van der Waals surface area contributed by atoms with Crippen molar-refractivity contribution in [1.29, 1.82) is 0 Å². The maximum Gasteiger partial charge on any atom is 0.274 e. The molecular formula is C54H56F2N10O9S2. The molecule has 1 saturated heterocycles. The Hall–Kier alpha value is -7.63. The molecule has 402 valence electrons. The molecule has 5 aromatic heterocycles. The van der Waals surface area contributed by atoms with Crippen molar-refractivity contribution in [3.8, 4) is 27.4 Å². The average Bonchev–Trinajstić information content (AvgIpc) is 4.34. The lowest BCUT2D eigenvalue weighted by atomic mass is 9.91. The van der Waals surface area contributed by atoms with Crippen LogP contribution in [0.15, 0.2) is 86.9 Å². The Kier molecular flexibility index (Phi) is 14.2. The monoisotopic (exact) mass is 1090 g/mol. The summed E-state index contributed by atoms with van der Waals surface area (Å²) in [6, 6.07) is 12.2. The van der Waals surface area contributed by atoms with Crippen molar-refractivity contribution in [2.24, 2.45) is 18.0 Å². The van der Waals surface area contributed by atoms with Crippen molar-refractivity contribution in [2.45, 2.75) is 89.3 Å². The van der Waals surface area contributed by atoms with E-state index >= 15 is 4.39 Å². The zero-order valence-corrected chi connectivity index (χ0v) is 44.7. The molecule has 0 unspecified atom stereocenters. The molecule has 23 heteroatoms. The van der Waals surface area contributed by atoms with Crippen LogP contribution in [0.5, 0.6) is 5.88 Å². The number of aromatic amines is 1. The number of rotatable bonds is 17. The molecule has 0 bridgehead atoms. The topological polar surface area (TPSA) is 247 Å². The molecule has 4 atom stereocenters. The largest absolute Gasteiger partial charge is 0.476 e. The maximum absolute atomic E-state index is 15.6. The van der Waals surface area contributed by atoms with Gasteiger partial charge in [0.05, 0.1) is 59.0 Å². The van der Waals surface area contributed by atoms with Gasteiger partial charge < -0.3 is 44.4 Å². The Morgan fingerprint density at radius 2 is 1.84 bits per heavy atom. The molecule has 7 aromatic rings. The number of aliphatic hydroxyl groups is 1. The highest BCUT2D eigenvalue weighted by Gasteiger charge is 2.48. The van der Waals surface area contributed by atoms with E-state index in [2.05, 4.69) is 30.7 Å². The van der Waals surface area contributed by atoms with Gasteiger partial charge in [0.15, 0.2) is 32.8 Å². The molecule has 0 spiro atoms. The number of anilines is 2. The summed E-state index contributed by atoms with van der Waals surface area (Å²) in [7, 11) is -2.13. The number of amidine groups is 1. The van der Waals surface area contributed by atoms with Gasteiger partial charge in [-0.15, -0.1) is 11.3 Å². The number of thiazole rings is 1. The number of ether oxygens (including phenoxy) is 1. The van der Waals surface area contributed by atoms with E-state index in [0.29, 0.717) is 58.8 Å². The van der Waals surface area contributed by atoms with Gasteiger partial charge in [-0.25, -0.2) is 32.2 Å². The van der Waals surface area contributed by atoms with E-state index in [1.54, 1.807) is 48.9 Å². The molecule has 0 aliphatic carbocycles. The summed E-state index contributed by atoms with van der Waals surface area (Å²) in [4.78, 5) is 75.7. The first-order valence-corrected chi connectivity index (χ1v) is 28.0. The first-order chi connectivity index (χ1) is 36.7. The van der Waals surface area contributed by atoms with E-state index in [9.17, 15) is 37.1 Å². The fraction of sp³-hybridized carbons (Fsp3) is 0.370. The molecule has 4 N–H and O–H groups in total. The second-order valence-corrected chi connectivity index (χ2v) is 23.4. The molecule has 1 fully saturated rings. The van der Waals surface area contributed by atoms with Gasteiger partial charge in [0.2, 0.25) is 5.91 Å². The molecule has 3 aliphatic heterocycles. The quantitative estimate of drug-likeness (QED) is 0.0676. The van der Waals surface area contributed by atoms with Crippen molar-refractivity contribution in [3.63, 3.8) is 0 Å². The number of nitrogens with zero attached hydrogens (tertiary/aromatic N) is 7. The number of hydrogen-bond acceptors (Lipinski definition) is 15.